The molecular weight excluding hydrogens is 226 g/mol. The first kappa shape index (κ1) is 10.8. The van der Waals surface area contributed by atoms with Crippen molar-refractivity contribution in [3.63, 3.8) is 0 Å². The van der Waals surface area contributed by atoms with Crippen molar-refractivity contribution in [1.82, 2.24) is 19.2 Å². The number of pyridine rings is 1. The van der Waals surface area contributed by atoms with E-state index in [1.165, 1.54) is 0 Å². The van der Waals surface area contributed by atoms with Crippen molar-refractivity contribution in [2.75, 3.05) is 5.32 Å². The van der Waals surface area contributed by atoms with Gasteiger partial charge in [-0.3, -0.25) is 4.68 Å². The van der Waals surface area contributed by atoms with Gasteiger partial charge in [0.15, 0.2) is 0 Å². The first-order valence-electron chi connectivity index (χ1n) is 5.89. The maximum Gasteiger partial charge on any atom is 0.137 e. The Morgan fingerprint density at radius 2 is 2.17 bits per heavy atom. The van der Waals surface area contributed by atoms with Gasteiger partial charge >= 0.3 is 0 Å². The van der Waals surface area contributed by atoms with Gasteiger partial charge in [0, 0.05) is 25.6 Å². The van der Waals surface area contributed by atoms with Gasteiger partial charge < -0.3 is 9.72 Å². The Balaban J connectivity index is 1.78. The second kappa shape index (κ2) is 4.18. The number of fused-ring (bicyclic) bond motifs is 1. The lowest BCUT2D eigenvalue weighted by atomic mass is 10.4. The average molecular weight is 241 g/mol. The number of nitrogens with one attached hydrogen (secondary N) is 1. The van der Waals surface area contributed by atoms with E-state index in [1.807, 2.05) is 55.2 Å². The highest BCUT2D eigenvalue weighted by molar-refractivity contribution is 5.46. The molecule has 0 amide bonds. The number of hydrogen-bond donors (Lipinski definition) is 1. The van der Waals surface area contributed by atoms with Crippen LogP contribution in [0.25, 0.3) is 5.65 Å². The minimum absolute atomic E-state index is 0.703. The van der Waals surface area contributed by atoms with E-state index >= 15 is 0 Å². The van der Waals surface area contributed by atoms with E-state index in [0.29, 0.717) is 6.54 Å². The Morgan fingerprint density at radius 3 is 2.89 bits per heavy atom. The predicted molar refractivity (Wildman–Crippen MR) is 70.5 cm³/mol. The van der Waals surface area contributed by atoms with E-state index in [1.54, 1.807) is 4.68 Å². The van der Waals surface area contributed by atoms with Crippen LogP contribution in [0, 0.1) is 6.92 Å². The minimum atomic E-state index is 0.703. The molecule has 1 N–H and O–H groups in total. The summed E-state index contributed by atoms with van der Waals surface area (Å²) in [6.45, 7) is 2.69. The number of imidazole rings is 1. The second-order valence-electron chi connectivity index (χ2n) is 4.35. The van der Waals surface area contributed by atoms with Crippen LogP contribution in [0.15, 0.2) is 36.8 Å². The molecule has 0 bridgehead atoms. The fourth-order valence-electron chi connectivity index (χ4n) is 2.03. The Morgan fingerprint density at radius 1 is 1.28 bits per heavy atom. The third kappa shape index (κ3) is 1.95. The summed E-state index contributed by atoms with van der Waals surface area (Å²) in [5.74, 6) is 0. The van der Waals surface area contributed by atoms with Crippen molar-refractivity contribution in [3.8, 4) is 0 Å². The smallest absolute Gasteiger partial charge is 0.137 e. The summed E-state index contributed by atoms with van der Waals surface area (Å²) in [5.41, 5.74) is 4.04. The van der Waals surface area contributed by atoms with Crippen LogP contribution in [0.2, 0.25) is 0 Å². The number of aromatic nitrogens is 4. The van der Waals surface area contributed by atoms with Gasteiger partial charge in [-0.05, 0) is 19.1 Å². The standard InChI is InChI=1S/C13H15N5/c1-10-12(9-17(2)16-10)14-7-11-8-18-6-4-3-5-13(18)15-11/h3-6,8-9,14H,7H2,1-2H3. The van der Waals surface area contributed by atoms with E-state index in [2.05, 4.69) is 15.4 Å². The molecule has 0 fully saturated rings. The van der Waals surface area contributed by atoms with Crippen LogP contribution in [0.4, 0.5) is 5.69 Å². The van der Waals surface area contributed by atoms with Gasteiger partial charge in [-0.2, -0.15) is 5.10 Å². The summed E-state index contributed by atoms with van der Waals surface area (Å²) in [6, 6.07) is 5.99. The fraction of sp³-hybridized carbons (Fsp3) is 0.231. The summed E-state index contributed by atoms with van der Waals surface area (Å²) in [6.07, 6.45) is 6.01. The van der Waals surface area contributed by atoms with Crippen LogP contribution >= 0.6 is 0 Å². The van der Waals surface area contributed by atoms with Gasteiger partial charge in [0.25, 0.3) is 0 Å². The third-order valence-corrected chi connectivity index (χ3v) is 2.89. The Bertz CT molecular complexity index is 647. The first-order chi connectivity index (χ1) is 8.72. The maximum atomic E-state index is 4.54. The Labute approximate surface area is 105 Å². The van der Waals surface area contributed by atoms with E-state index in [0.717, 1.165) is 22.7 Å². The van der Waals surface area contributed by atoms with Crippen LogP contribution < -0.4 is 5.32 Å². The zero-order valence-corrected chi connectivity index (χ0v) is 10.5. The van der Waals surface area contributed by atoms with Crippen LogP contribution in [-0.4, -0.2) is 19.2 Å². The molecule has 18 heavy (non-hydrogen) atoms. The highest BCUT2D eigenvalue weighted by Gasteiger charge is 2.04. The minimum Gasteiger partial charge on any atom is -0.377 e. The van der Waals surface area contributed by atoms with Crippen LogP contribution in [0.1, 0.15) is 11.4 Å². The van der Waals surface area contributed by atoms with Crippen LogP contribution in [0.5, 0.6) is 0 Å². The molecule has 0 spiro atoms. The SMILES string of the molecule is Cc1nn(C)cc1NCc1cn2ccccc2n1. The molecule has 3 rings (SSSR count). The van der Waals surface area contributed by atoms with E-state index < -0.39 is 0 Å². The fourth-order valence-corrected chi connectivity index (χ4v) is 2.03. The van der Waals surface area contributed by atoms with Gasteiger partial charge in [-0.15, -0.1) is 0 Å². The molecule has 3 aromatic rings. The van der Waals surface area contributed by atoms with Gasteiger partial charge in [0.05, 0.1) is 23.6 Å². The summed E-state index contributed by atoms with van der Waals surface area (Å²) >= 11 is 0. The lowest BCUT2D eigenvalue weighted by molar-refractivity contribution is 0.756. The van der Waals surface area contributed by atoms with Gasteiger partial charge in [0.2, 0.25) is 0 Å². The number of rotatable bonds is 3. The van der Waals surface area contributed by atoms with Gasteiger partial charge in [0.1, 0.15) is 5.65 Å². The quantitative estimate of drug-likeness (QED) is 0.762. The molecule has 0 unspecified atom stereocenters. The van der Waals surface area contributed by atoms with Gasteiger partial charge in [-0.1, -0.05) is 6.07 Å². The molecule has 5 nitrogen and oxygen atoms in total. The topological polar surface area (TPSA) is 47.2 Å². The Kier molecular flexibility index (Phi) is 2.51. The number of aryl methyl sites for hydroxylation is 2. The Hall–Kier alpha value is -2.30. The molecule has 0 aliphatic heterocycles. The molecule has 92 valence electrons. The molecule has 3 aromatic heterocycles. The van der Waals surface area contributed by atoms with Crippen molar-refractivity contribution in [2.24, 2.45) is 7.05 Å². The summed E-state index contributed by atoms with van der Waals surface area (Å²) in [4.78, 5) is 4.54. The van der Waals surface area contributed by atoms with E-state index in [4.69, 9.17) is 0 Å². The van der Waals surface area contributed by atoms with Gasteiger partial charge in [-0.25, -0.2) is 4.98 Å². The molecule has 0 radical (unpaired) electrons. The maximum absolute atomic E-state index is 4.54. The third-order valence-electron chi connectivity index (χ3n) is 2.89. The molecule has 0 aliphatic carbocycles. The summed E-state index contributed by atoms with van der Waals surface area (Å²) in [5, 5.41) is 7.65. The lowest BCUT2D eigenvalue weighted by Crippen LogP contribution is -1.99. The molecule has 0 saturated heterocycles. The van der Waals surface area contributed by atoms with E-state index in [-0.39, 0.29) is 0 Å². The van der Waals surface area contributed by atoms with Crippen molar-refractivity contribution in [2.45, 2.75) is 13.5 Å². The van der Waals surface area contributed by atoms with Crippen LogP contribution in [0.3, 0.4) is 0 Å². The molecule has 0 aromatic carbocycles. The summed E-state index contributed by atoms with van der Waals surface area (Å²) in [7, 11) is 1.92. The predicted octanol–water partition coefficient (Wildman–Crippen LogP) is 1.99. The largest absolute Gasteiger partial charge is 0.377 e. The second-order valence-corrected chi connectivity index (χ2v) is 4.35. The number of nitrogens with zero attached hydrogens (tertiary/aromatic N) is 4. The van der Waals surface area contributed by atoms with Crippen molar-refractivity contribution < 1.29 is 0 Å². The molecular formula is C13H15N5. The van der Waals surface area contributed by atoms with Crippen LogP contribution in [-0.2, 0) is 13.6 Å². The van der Waals surface area contributed by atoms with Crippen molar-refractivity contribution >= 4 is 11.3 Å². The molecule has 0 aliphatic rings. The number of anilines is 1. The monoisotopic (exact) mass is 241 g/mol. The molecule has 3 heterocycles. The summed E-state index contributed by atoms with van der Waals surface area (Å²) < 4.78 is 3.83. The molecule has 0 atom stereocenters. The average Bonchev–Trinajstić information content (AvgIpc) is 2.89. The van der Waals surface area contributed by atoms with Crippen molar-refractivity contribution in [3.05, 3.63) is 48.2 Å². The lowest BCUT2D eigenvalue weighted by Gasteiger charge is -2.00. The number of hydrogen-bond acceptors (Lipinski definition) is 3. The normalized spacial score (nSPS) is 11.0. The first-order valence-corrected chi connectivity index (χ1v) is 5.89. The van der Waals surface area contributed by atoms with Crippen molar-refractivity contribution in [1.29, 1.82) is 0 Å². The molecule has 0 saturated carbocycles. The highest BCUT2D eigenvalue weighted by Crippen LogP contribution is 2.13. The highest BCUT2D eigenvalue weighted by atomic mass is 15.3. The molecule has 5 heteroatoms. The van der Waals surface area contributed by atoms with E-state index in [9.17, 15) is 0 Å². The zero-order chi connectivity index (χ0) is 12.5. The zero-order valence-electron chi connectivity index (χ0n) is 10.5.